The minimum absolute atomic E-state index is 0.290. The maximum Gasteiger partial charge on any atom is 0.141 e. The molecule has 2 aromatic rings. The van der Waals surface area contributed by atoms with E-state index in [1.54, 1.807) is 18.2 Å². The van der Waals surface area contributed by atoms with Gasteiger partial charge in [-0.1, -0.05) is 24.3 Å². The number of hydrogen-bond acceptors (Lipinski definition) is 2. The molecule has 0 fully saturated rings. The van der Waals surface area contributed by atoms with Crippen molar-refractivity contribution in [2.24, 2.45) is 5.73 Å². The Morgan fingerprint density at radius 2 is 1.76 bits per heavy atom. The van der Waals surface area contributed by atoms with Gasteiger partial charge in [-0.05, 0) is 56.5 Å². The topological polar surface area (TPSA) is 35.2 Å². The highest BCUT2D eigenvalue weighted by Crippen LogP contribution is 2.30. The van der Waals surface area contributed by atoms with Crippen molar-refractivity contribution in [2.75, 3.05) is 0 Å². The third kappa shape index (κ3) is 3.42. The lowest BCUT2D eigenvalue weighted by Gasteiger charge is -2.25. The Kier molecular flexibility index (Phi) is 4.63. The first kappa shape index (κ1) is 15.5. The first-order valence-electron chi connectivity index (χ1n) is 7.14. The van der Waals surface area contributed by atoms with E-state index in [1.807, 2.05) is 33.8 Å². The van der Waals surface area contributed by atoms with Crippen LogP contribution in [0, 0.1) is 26.6 Å². The molecule has 112 valence electrons. The molecule has 2 rings (SSSR count). The summed E-state index contributed by atoms with van der Waals surface area (Å²) in [5, 5.41) is 0. The molecular formula is C18H22FNO. The highest BCUT2D eigenvalue weighted by atomic mass is 19.1. The van der Waals surface area contributed by atoms with Crippen molar-refractivity contribution in [3.63, 3.8) is 0 Å². The summed E-state index contributed by atoms with van der Waals surface area (Å²) in [6, 6.07) is 10.4. The van der Waals surface area contributed by atoms with Gasteiger partial charge >= 0.3 is 0 Å². The van der Waals surface area contributed by atoms with Gasteiger partial charge < -0.3 is 10.5 Å². The fourth-order valence-electron chi connectivity index (χ4n) is 2.42. The number of halogens is 1. The molecule has 2 atom stereocenters. The Morgan fingerprint density at radius 1 is 1.10 bits per heavy atom. The molecule has 2 nitrogen and oxygen atoms in total. The molecule has 0 aliphatic heterocycles. The minimum Gasteiger partial charge on any atom is -0.484 e. The van der Waals surface area contributed by atoms with Crippen LogP contribution >= 0.6 is 0 Å². The standard InChI is InChI=1S/C18H22FNO/c1-11-9-12(2)13(3)17(10-11)21-18(14(4)20)15-7-5-6-8-16(15)19/h5-10,14,18H,20H2,1-4H3. The monoisotopic (exact) mass is 287 g/mol. The Labute approximate surface area is 125 Å². The average molecular weight is 287 g/mol. The van der Waals surface area contributed by atoms with Crippen LogP contribution in [-0.4, -0.2) is 6.04 Å². The number of benzene rings is 2. The van der Waals surface area contributed by atoms with Crippen LogP contribution in [0.5, 0.6) is 5.75 Å². The molecule has 0 aliphatic carbocycles. The molecule has 2 unspecified atom stereocenters. The van der Waals surface area contributed by atoms with Crippen LogP contribution in [0.25, 0.3) is 0 Å². The van der Waals surface area contributed by atoms with Gasteiger partial charge in [0.1, 0.15) is 17.7 Å². The van der Waals surface area contributed by atoms with Crippen molar-refractivity contribution in [1.82, 2.24) is 0 Å². The largest absolute Gasteiger partial charge is 0.484 e. The Balaban J connectivity index is 2.41. The van der Waals surface area contributed by atoms with Gasteiger partial charge in [-0.25, -0.2) is 4.39 Å². The second-order valence-corrected chi connectivity index (χ2v) is 5.62. The normalized spacial score (nSPS) is 13.8. The molecular weight excluding hydrogens is 265 g/mol. The van der Waals surface area contributed by atoms with E-state index in [4.69, 9.17) is 10.5 Å². The highest BCUT2D eigenvalue weighted by Gasteiger charge is 2.22. The molecule has 3 heteroatoms. The zero-order valence-corrected chi connectivity index (χ0v) is 13.0. The lowest BCUT2D eigenvalue weighted by atomic mass is 10.0. The maximum atomic E-state index is 14.0. The third-order valence-electron chi connectivity index (χ3n) is 3.71. The summed E-state index contributed by atoms with van der Waals surface area (Å²) in [5.41, 5.74) is 9.84. The second-order valence-electron chi connectivity index (χ2n) is 5.62. The summed E-state index contributed by atoms with van der Waals surface area (Å²) >= 11 is 0. The SMILES string of the molecule is Cc1cc(C)c(C)c(OC(c2ccccc2F)C(C)N)c1. The molecule has 0 spiro atoms. The molecule has 0 radical (unpaired) electrons. The molecule has 0 saturated carbocycles. The third-order valence-corrected chi connectivity index (χ3v) is 3.71. The maximum absolute atomic E-state index is 14.0. The van der Waals surface area contributed by atoms with Crippen molar-refractivity contribution in [3.8, 4) is 5.75 Å². The molecule has 21 heavy (non-hydrogen) atoms. The van der Waals surface area contributed by atoms with Crippen LogP contribution in [0.1, 0.15) is 35.3 Å². The molecule has 0 amide bonds. The molecule has 2 aromatic carbocycles. The molecule has 0 aromatic heterocycles. The molecule has 0 heterocycles. The number of rotatable bonds is 4. The molecule has 0 bridgehead atoms. The van der Waals surface area contributed by atoms with Crippen LogP contribution in [0.4, 0.5) is 4.39 Å². The van der Waals surface area contributed by atoms with Crippen LogP contribution in [0.2, 0.25) is 0 Å². The second kappa shape index (κ2) is 6.27. The van der Waals surface area contributed by atoms with Gasteiger partial charge in [-0.15, -0.1) is 0 Å². The Morgan fingerprint density at radius 3 is 2.38 bits per heavy atom. The summed E-state index contributed by atoms with van der Waals surface area (Å²) in [5.74, 6) is 0.472. The predicted octanol–water partition coefficient (Wildman–Crippen LogP) is 4.22. The van der Waals surface area contributed by atoms with Crippen LogP contribution in [-0.2, 0) is 0 Å². The first-order valence-corrected chi connectivity index (χ1v) is 7.14. The zero-order valence-electron chi connectivity index (χ0n) is 13.0. The first-order chi connectivity index (χ1) is 9.90. The van der Waals surface area contributed by atoms with Gasteiger partial charge in [-0.2, -0.15) is 0 Å². The quantitative estimate of drug-likeness (QED) is 0.914. The number of nitrogens with two attached hydrogens (primary N) is 1. The number of aryl methyl sites for hydroxylation is 2. The number of ether oxygens (including phenoxy) is 1. The van der Waals surface area contributed by atoms with Gasteiger partial charge in [0, 0.05) is 11.6 Å². The van der Waals surface area contributed by atoms with E-state index in [0.29, 0.717) is 5.56 Å². The lowest BCUT2D eigenvalue weighted by Crippen LogP contribution is -2.30. The zero-order chi connectivity index (χ0) is 15.6. The van der Waals surface area contributed by atoms with Crippen molar-refractivity contribution in [2.45, 2.75) is 39.8 Å². The van der Waals surface area contributed by atoms with Crippen LogP contribution < -0.4 is 10.5 Å². The highest BCUT2D eigenvalue weighted by molar-refractivity contribution is 5.42. The fourth-order valence-corrected chi connectivity index (χ4v) is 2.42. The van der Waals surface area contributed by atoms with E-state index < -0.39 is 6.10 Å². The minimum atomic E-state index is -0.508. The van der Waals surface area contributed by atoms with Crippen molar-refractivity contribution in [1.29, 1.82) is 0 Å². The summed E-state index contributed by atoms with van der Waals surface area (Å²) in [6.45, 7) is 7.89. The predicted molar refractivity (Wildman–Crippen MR) is 84.1 cm³/mol. The van der Waals surface area contributed by atoms with Crippen molar-refractivity contribution in [3.05, 3.63) is 64.5 Å². The van der Waals surface area contributed by atoms with Crippen molar-refractivity contribution >= 4 is 0 Å². The van der Waals surface area contributed by atoms with Crippen molar-refractivity contribution < 1.29 is 9.13 Å². The van der Waals surface area contributed by atoms with Gasteiger partial charge in [-0.3, -0.25) is 0 Å². The summed E-state index contributed by atoms with van der Waals surface area (Å²) in [7, 11) is 0. The van der Waals surface area contributed by atoms with E-state index in [-0.39, 0.29) is 11.9 Å². The Hall–Kier alpha value is -1.87. The van der Waals surface area contributed by atoms with Crippen LogP contribution in [0.15, 0.2) is 36.4 Å². The van der Waals surface area contributed by atoms with E-state index in [0.717, 1.165) is 22.4 Å². The molecule has 0 aliphatic rings. The lowest BCUT2D eigenvalue weighted by molar-refractivity contribution is 0.174. The summed E-state index contributed by atoms with van der Waals surface area (Å²) in [4.78, 5) is 0. The summed E-state index contributed by atoms with van der Waals surface area (Å²) < 4.78 is 20.1. The molecule has 2 N–H and O–H groups in total. The Bertz CT molecular complexity index is 637. The smallest absolute Gasteiger partial charge is 0.141 e. The van der Waals surface area contributed by atoms with E-state index in [1.165, 1.54) is 6.07 Å². The average Bonchev–Trinajstić information content (AvgIpc) is 2.42. The number of hydrogen-bond donors (Lipinski definition) is 1. The molecule has 0 saturated heterocycles. The van der Waals surface area contributed by atoms with E-state index >= 15 is 0 Å². The van der Waals surface area contributed by atoms with Gasteiger partial charge in [0.2, 0.25) is 0 Å². The van der Waals surface area contributed by atoms with Crippen LogP contribution in [0.3, 0.4) is 0 Å². The fraction of sp³-hybridized carbons (Fsp3) is 0.333. The van der Waals surface area contributed by atoms with E-state index in [2.05, 4.69) is 6.07 Å². The summed E-state index contributed by atoms with van der Waals surface area (Å²) in [6.07, 6.45) is -0.508. The van der Waals surface area contributed by atoms with Gasteiger partial charge in [0.25, 0.3) is 0 Å². The van der Waals surface area contributed by atoms with E-state index in [9.17, 15) is 4.39 Å². The van der Waals surface area contributed by atoms with Gasteiger partial charge in [0.05, 0.1) is 0 Å². The van der Waals surface area contributed by atoms with Gasteiger partial charge in [0.15, 0.2) is 0 Å².